The van der Waals surface area contributed by atoms with E-state index in [1.54, 1.807) is 7.11 Å². The second-order valence-corrected chi connectivity index (χ2v) is 10.1. The molecule has 3 heterocycles. The van der Waals surface area contributed by atoms with Gasteiger partial charge < -0.3 is 20.7 Å². The number of amides is 1. The number of halogens is 3. The topological polar surface area (TPSA) is 75.3 Å². The van der Waals surface area contributed by atoms with E-state index in [0.29, 0.717) is 52.9 Å². The van der Waals surface area contributed by atoms with Crippen molar-refractivity contribution in [3.05, 3.63) is 34.2 Å². The highest BCUT2D eigenvalue weighted by atomic mass is 32.1. The first-order valence-corrected chi connectivity index (χ1v) is 12.2. The standard InChI is InChI=1S/C22H25F3N4O2S2/c1-12-9-14-17(11-27-12)33-21(29-18(30)5-6-26-7-8-31-2)19(14)20-28-15-10-13(22(23,24)25)3-4-16(15)32-20/h3-4,10,12,26-27H,5-9,11H2,1-2H3,(H,29,30)/t12-/m0/s1. The third kappa shape index (κ3) is 5.55. The molecular formula is C22H25F3N4O2S2. The van der Waals surface area contributed by atoms with Crippen LogP contribution in [-0.4, -0.2) is 43.7 Å². The van der Waals surface area contributed by atoms with Gasteiger partial charge in [-0.05, 0) is 37.1 Å². The van der Waals surface area contributed by atoms with Gasteiger partial charge in [-0.25, -0.2) is 4.98 Å². The second kappa shape index (κ2) is 10.1. The minimum absolute atomic E-state index is 0.124. The van der Waals surface area contributed by atoms with Crippen LogP contribution in [0.3, 0.4) is 0 Å². The molecule has 1 aromatic carbocycles. The Morgan fingerprint density at radius 3 is 2.88 bits per heavy atom. The maximum atomic E-state index is 13.2. The Bertz CT molecular complexity index is 1140. The van der Waals surface area contributed by atoms with Crippen molar-refractivity contribution in [2.24, 2.45) is 0 Å². The fourth-order valence-corrected chi connectivity index (χ4v) is 6.02. The van der Waals surface area contributed by atoms with Gasteiger partial charge in [0.15, 0.2) is 0 Å². The van der Waals surface area contributed by atoms with Crippen LogP contribution in [-0.2, 0) is 28.7 Å². The monoisotopic (exact) mass is 498 g/mol. The maximum absolute atomic E-state index is 13.2. The van der Waals surface area contributed by atoms with E-state index in [0.717, 1.165) is 34.6 Å². The summed E-state index contributed by atoms with van der Waals surface area (Å²) in [6.45, 7) is 4.53. The smallest absolute Gasteiger partial charge is 0.383 e. The van der Waals surface area contributed by atoms with E-state index in [1.165, 1.54) is 28.7 Å². The number of hydrogen-bond donors (Lipinski definition) is 3. The number of methoxy groups -OCH3 is 1. The number of hydrogen-bond acceptors (Lipinski definition) is 7. The number of benzene rings is 1. The third-order valence-electron chi connectivity index (χ3n) is 5.41. The van der Waals surface area contributed by atoms with Gasteiger partial charge in [-0.15, -0.1) is 22.7 Å². The van der Waals surface area contributed by atoms with Crippen molar-refractivity contribution in [1.82, 2.24) is 15.6 Å². The van der Waals surface area contributed by atoms with E-state index in [4.69, 9.17) is 4.74 Å². The summed E-state index contributed by atoms with van der Waals surface area (Å²) in [7, 11) is 1.62. The van der Waals surface area contributed by atoms with Crippen LogP contribution in [0.25, 0.3) is 20.8 Å². The van der Waals surface area contributed by atoms with Gasteiger partial charge in [-0.3, -0.25) is 4.79 Å². The highest BCUT2D eigenvalue weighted by Gasteiger charge is 2.31. The Morgan fingerprint density at radius 1 is 1.30 bits per heavy atom. The lowest BCUT2D eigenvalue weighted by molar-refractivity contribution is -0.137. The molecule has 6 nitrogen and oxygen atoms in total. The summed E-state index contributed by atoms with van der Waals surface area (Å²) in [6, 6.07) is 3.89. The lowest BCUT2D eigenvalue weighted by Crippen LogP contribution is -2.32. The lowest BCUT2D eigenvalue weighted by atomic mass is 9.99. The van der Waals surface area contributed by atoms with Gasteiger partial charge in [0.05, 0.1) is 22.4 Å². The van der Waals surface area contributed by atoms with Gasteiger partial charge in [0.1, 0.15) is 10.0 Å². The largest absolute Gasteiger partial charge is 0.416 e. The summed E-state index contributed by atoms with van der Waals surface area (Å²) in [5.41, 5.74) is 1.53. The number of carbonyl (C=O) groups excluding carboxylic acids is 1. The minimum atomic E-state index is -4.42. The zero-order chi connectivity index (χ0) is 23.6. The Kier molecular flexibility index (Phi) is 7.34. The number of thiophene rings is 1. The van der Waals surface area contributed by atoms with Crippen LogP contribution in [0.15, 0.2) is 18.2 Å². The highest BCUT2D eigenvalue weighted by molar-refractivity contribution is 7.22. The van der Waals surface area contributed by atoms with Crippen LogP contribution in [0, 0.1) is 0 Å². The Hall–Kier alpha value is -2.05. The fraction of sp³-hybridized carbons (Fsp3) is 0.455. The molecule has 0 bridgehead atoms. The summed E-state index contributed by atoms with van der Waals surface area (Å²) in [6.07, 6.45) is -3.36. The summed E-state index contributed by atoms with van der Waals surface area (Å²) in [5.74, 6) is -0.124. The van der Waals surface area contributed by atoms with Crippen molar-refractivity contribution in [2.45, 2.75) is 38.5 Å². The molecular weight excluding hydrogens is 473 g/mol. The van der Waals surface area contributed by atoms with Crippen molar-refractivity contribution in [1.29, 1.82) is 0 Å². The van der Waals surface area contributed by atoms with E-state index < -0.39 is 11.7 Å². The predicted molar refractivity (Wildman–Crippen MR) is 126 cm³/mol. The summed E-state index contributed by atoms with van der Waals surface area (Å²) in [5, 5.41) is 10.9. The van der Waals surface area contributed by atoms with Crippen molar-refractivity contribution in [3.63, 3.8) is 0 Å². The average molecular weight is 499 g/mol. The number of fused-ring (bicyclic) bond motifs is 2. The van der Waals surface area contributed by atoms with Crippen LogP contribution in [0.5, 0.6) is 0 Å². The molecule has 1 amide bonds. The lowest BCUT2D eigenvalue weighted by Gasteiger charge is -2.20. The quantitative estimate of drug-likeness (QED) is 0.395. The van der Waals surface area contributed by atoms with Crippen LogP contribution < -0.4 is 16.0 Å². The molecule has 0 aliphatic carbocycles. The number of rotatable bonds is 8. The SMILES string of the molecule is COCCNCCC(=O)Nc1sc2c(c1-c1nc3cc(C(F)(F)F)ccc3s1)C[C@H](C)NC2. The number of nitrogens with one attached hydrogen (secondary N) is 3. The number of alkyl halides is 3. The molecule has 1 atom stereocenters. The summed E-state index contributed by atoms with van der Waals surface area (Å²) < 4.78 is 45.1. The number of ether oxygens (including phenoxy) is 1. The van der Waals surface area contributed by atoms with Crippen molar-refractivity contribution >= 4 is 43.8 Å². The number of thiazole rings is 1. The van der Waals surface area contributed by atoms with Gasteiger partial charge in [0.2, 0.25) is 5.91 Å². The van der Waals surface area contributed by atoms with Crippen LogP contribution >= 0.6 is 22.7 Å². The number of carbonyl (C=O) groups is 1. The summed E-state index contributed by atoms with van der Waals surface area (Å²) >= 11 is 2.85. The molecule has 3 N–H and O–H groups in total. The molecule has 1 aliphatic rings. The van der Waals surface area contributed by atoms with E-state index in [9.17, 15) is 18.0 Å². The van der Waals surface area contributed by atoms with E-state index in [-0.39, 0.29) is 11.9 Å². The van der Waals surface area contributed by atoms with Crippen molar-refractivity contribution in [2.75, 3.05) is 32.1 Å². The predicted octanol–water partition coefficient (Wildman–Crippen LogP) is 4.64. The zero-order valence-electron chi connectivity index (χ0n) is 18.3. The first-order chi connectivity index (χ1) is 15.8. The first kappa shape index (κ1) is 24.1. The molecule has 0 saturated heterocycles. The van der Waals surface area contributed by atoms with Gasteiger partial charge in [0.25, 0.3) is 0 Å². The molecule has 0 unspecified atom stereocenters. The number of aromatic nitrogens is 1. The molecule has 33 heavy (non-hydrogen) atoms. The molecule has 0 saturated carbocycles. The molecule has 4 rings (SSSR count). The summed E-state index contributed by atoms with van der Waals surface area (Å²) in [4.78, 5) is 18.3. The van der Waals surface area contributed by atoms with Crippen LogP contribution in [0.2, 0.25) is 0 Å². The second-order valence-electron chi connectivity index (χ2n) is 7.93. The Labute approximate surface area is 197 Å². The molecule has 0 spiro atoms. The molecule has 2 aromatic heterocycles. The Morgan fingerprint density at radius 2 is 2.12 bits per heavy atom. The third-order valence-corrected chi connectivity index (χ3v) is 7.61. The van der Waals surface area contributed by atoms with E-state index >= 15 is 0 Å². The fourth-order valence-electron chi connectivity index (χ4n) is 3.73. The average Bonchev–Trinajstić information content (AvgIpc) is 3.32. The minimum Gasteiger partial charge on any atom is -0.383 e. The highest BCUT2D eigenvalue weighted by Crippen LogP contribution is 2.45. The molecule has 0 fully saturated rings. The molecule has 0 radical (unpaired) electrons. The van der Waals surface area contributed by atoms with Crippen LogP contribution in [0.1, 0.15) is 29.3 Å². The van der Waals surface area contributed by atoms with Crippen molar-refractivity contribution < 1.29 is 22.7 Å². The molecule has 178 valence electrons. The van der Waals surface area contributed by atoms with Crippen molar-refractivity contribution in [3.8, 4) is 10.6 Å². The maximum Gasteiger partial charge on any atom is 0.416 e. The van der Waals surface area contributed by atoms with Gasteiger partial charge in [-0.2, -0.15) is 13.2 Å². The first-order valence-electron chi connectivity index (χ1n) is 10.6. The van der Waals surface area contributed by atoms with E-state index in [1.807, 2.05) is 0 Å². The van der Waals surface area contributed by atoms with E-state index in [2.05, 4.69) is 27.9 Å². The normalized spacial score (nSPS) is 16.2. The molecule has 1 aliphatic heterocycles. The van der Waals surface area contributed by atoms with Crippen LogP contribution in [0.4, 0.5) is 18.2 Å². The van der Waals surface area contributed by atoms with Gasteiger partial charge in [-0.1, -0.05) is 0 Å². The van der Waals surface area contributed by atoms with Gasteiger partial charge in [0, 0.05) is 49.6 Å². The zero-order valence-corrected chi connectivity index (χ0v) is 19.9. The molecule has 11 heteroatoms. The number of nitrogens with zero attached hydrogens (tertiary/aromatic N) is 1. The van der Waals surface area contributed by atoms with Gasteiger partial charge >= 0.3 is 6.18 Å². The molecule has 3 aromatic rings. The number of anilines is 1. The Balaban J connectivity index is 1.64.